The minimum atomic E-state index is -0.940. The van der Waals surface area contributed by atoms with Gasteiger partial charge in [-0.2, -0.15) is 0 Å². The van der Waals surface area contributed by atoms with Crippen LogP contribution in [0, 0.1) is 0 Å². The zero-order valence-electron chi connectivity index (χ0n) is 18.5. The van der Waals surface area contributed by atoms with Crippen molar-refractivity contribution in [3.63, 3.8) is 0 Å². The summed E-state index contributed by atoms with van der Waals surface area (Å²) in [5, 5.41) is 8.96. The fourth-order valence-electron chi connectivity index (χ4n) is 4.32. The van der Waals surface area contributed by atoms with E-state index in [0.717, 1.165) is 54.7 Å². The number of ether oxygens (including phenoxy) is 5. The molecule has 1 unspecified atom stereocenters. The van der Waals surface area contributed by atoms with Gasteiger partial charge in [0.05, 0.1) is 40.6 Å². The van der Waals surface area contributed by atoms with Gasteiger partial charge in [-0.15, -0.1) is 0 Å². The monoisotopic (exact) mass is 430 g/mol. The lowest BCUT2D eigenvalue weighted by Gasteiger charge is -2.22. The summed E-state index contributed by atoms with van der Waals surface area (Å²) in [5.74, 6) is 2.69. The number of fused-ring (bicyclic) bond motifs is 1. The molecule has 168 valence electrons. The summed E-state index contributed by atoms with van der Waals surface area (Å²) >= 11 is 0. The molecule has 0 saturated heterocycles. The third-order valence-corrected chi connectivity index (χ3v) is 5.75. The smallest absolute Gasteiger partial charge is 0.335 e. The molecular formula is C24H30O7. The normalized spacial score (nSPS) is 14.6. The molecule has 2 aromatic rings. The molecule has 0 radical (unpaired) electrons. The van der Waals surface area contributed by atoms with Crippen LogP contribution < -0.4 is 23.7 Å². The van der Waals surface area contributed by atoms with Crippen molar-refractivity contribution in [2.45, 2.75) is 38.0 Å². The number of unbranched alkanes of at least 4 members (excludes halogenated alkanes) is 1. The quantitative estimate of drug-likeness (QED) is 0.518. The first-order valence-corrected chi connectivity index (χ1v) is 10.4. The molecule has 3 rings (SSSR count). The van der Waals surface area contributed by atoms with Crippen LogP contribution in [0.4, 0.5) is 0 Å². The molecule has 0 bridgehead atoms. The van der Waals surface area contributed by atoms with Crippen molar-refractivity contribution in [3.8, 4) is 28.7 Å². The Hall–Kier alpha value is -3.09. The number of hydrogen-bond acceptors (Lipinski definition) is 6. The highest BCUT2D eigenvalue weighted by atomic mass is 16.5. The Labute approximate surface area is 182 Å². The van der Waals surface area contributed by atoms with Gasteiger partial charge in [-0.3, -0.25) is 0 Å². The molecule has 1 aliphatic carbocycles. The van der Waals surface area contributed by atoms with E-state index in [2.05, 4.69) is 0 Å². The van der Waals surface area contributed by atoms with Crippen molar-refractivity contribution in [2.24, 2.45) is 0 Å². The maximum absolute atomic E-state index is 10.9. The first-order chi connectivity index (χ1) is 15.0. The second-order valence-corrected chi connectivity index (χ2v) is 7.43. The standard InChI is InChI=1S/C24H30O7/c1-27-20-18-13-10-15(19(18)21(28-2)23(30-4)22(20)29-3)7-5-6-14-31-17-11-8-16(9-12-17)24(25)26/h8-9,11-12,15H,5-7,10,13-14H2,1-4H3,(H,25,26). The first kappa shape index (κ1) is 22.6. The van der Waals surface area contributed by atoms with Gasteiger partial charge >= 0.3 is 5.97 Å². The van der Waals surface area contributed by atoms with E-state index in [4.69, 9.17) is 28.8 Å². The van der Waals surface area contributed by atoms with E-state index in [-0.39, 0.29) is 5.56 Å². The van der Waals surface area contributed by atoms with Crippen molar-refractivity contribution in [1.29, 1.82) is 0 Å². The van der Waals surface area contributed by atoms with Crippen molar-refractivity contribution in [2.75, 3.05) is 35.0 Å². The molecule has 0 spiro atoms. The Balaban J connectivity index is 1.63. The molecule has 1 aliphatic rings. The Morgan fingerprint density at radius 2 is 1.52 bits per heavy atom. The van der Waals surface area contributed by atoms with Gasteiger partial charge < -0.3 is 28.8 Å². The molecule has 1 atom stereocenters. The van der Waals surface area contributed by atoms with Crippen LogP contribution in [0.15, 0.2) is 24.3 Å². The van der Waals surface area contributed by atoms with Crippen LogP contribution in [-0.4, -0.2) is 46.1 Å². The minimum absolute atomic E-state index is 0.253. The molecule has 7 heteroatoms. The van der Waals surface area contributed by atoms with Crippen molar-refractivity contribution in [1.82, 2.24) is 0 Å². The number of rotatable bonds is 11. The number of methoxy groups -OCH3 is 4. The molecule has 1 N–H and O–H groups in total. The molecular weight excluding hydrogens is 400 g/mol. The highest BCUT2D eigenvalue weighted by molar-refractivity contribution is 5.87. The van der Waals surface area contributed by atoms with Gasteiger partial charge in [-0.05, 0) is 62.3 Å². The lowest BCUT2D eigenvalue weighted by atomic mass is 9.93. The average molecular weight is 430 g/mol. The van der Waals surface area contributed by atoms with Crippen LogP contribution in [0.25, 0.3) is 0 Å². The SMILES string of the molecule is COc1c2c(c(OC)c(OC)c1OC)C(CCCCOc1ccc(C(=O)O)cc1)CC2. The summed E-state index contributed by atoms with van der Waals surface area (Å²) in [6.45, 7) is 0.582. The van der Waals surface area contributed by atoms with Crippen LogP contribution in [-0.2, 0) is 6.42 Å². The predicted octanol–water partition coefficient (Wildman–Crippen LogP) is 4.70. The van der Waals surface area contributed by atoms with E-state index in [0.29, 0.717) is 29.8 Å². The Morgan fingerprint density at radius 1 is 0.903 bits per heavy atom. The van der Waals surface area contributed by atoms with E-state index < -0.39 is 5.97 Å². The van der Waals surface area contributed by atoms with Crippen LogP contribution >= 0.6 is 0 Å². The van der Waals surface area contributed by atoms with E-state index in [9.17, 15) is 4.79 Å². The van der Waals surface area contributed by atoms with Crippen molar-refractivity contribution in [3.05, 3.63) is 41.0 Å². The second-order valence-electron chi connectivity index (χ2n) is 7.43. The number of aromatic carboxylic acids is 1. The molecule has 0 heterocycles. The van der Waals surface area contributed by atoms with Crippen molar-refractivity contribution < 1.29 is 33.6 Å². The third kappa shape index (κ3) is 4.65. The van der Waals surface area contributed by atoms with Gasteiger partial charge in [-0.25, -0.2) is 4.79 Å². The number of hydrogen-bond donors (Lipinski definition) is 1. The lowest BCUT2D eigenvalue weighted by Crippen LogP contribution is -2.05. The van der Waals surface area contributed by atoms with Crippen LogP contribution in [0.3, 0.4) is 0 Å². The van der Waals surface area contributed by atoms with Crippen LogP contribution in [0.2, 0.25) is 0 Å². The summed E-state index contributed by atoms with van der Waals surface area (Å²) < 4.78 is 28.3. The van der Waals surface area contributed by atoms with Crippen molar-refractivity contribution >= 4 is 5.97 Å². The largest absolute Gasteiger partial charge is 0.494 e. The van der Waals surface area contributed by atoms with Gasteiger partial charge in [0.25, 0.3) is 0 Å². The maximum Gasteiger partial charge on any atom is 0.335 e. The number of benzene rings is 2. The zero-order chi connectivity index (χ0) is 22.4. The molecule has 0 fully saturated rings. The first-order valence-electron chi connectivity index (χ1n) is 10.4. The average Bonchev–Trinajstić information content (AvgIpc) is 3.20. The maximum atomic E-state index is 10.9. The molecule has 2 aromatic carbocycles. The highest BCUT2D eigenvalue weighted by Gasteiger charge is 2.35. The fraction of sp³-hybridized carbons (Fsp3) is 0.458. The minimum Gasteiger partial charge on any atom is -0.494 e. The van der Waals surface area contributed by atoms with Gasteiger partial charge in [0.2, 0.25) is 11.5 Å². The molecule has 0 aromatic heterocycles. The molecule has 0 aliphatic heterocycles. The van der Waals surface area contributed by atoms with E-state index >= 15 is 0 Å². The second kappa shape index (κ2) is 10.3. The summed E-state index contributed by atoms with van der Waals surface area (Å²) in [7, 11) is 6.52. The van der Waals surface area contributed by atoms with Gasteiger partial charge in [0.15, 0.2) is 11.5 Å². The van der Waals surface area contributed by atoms with E-state index in [1.54, 1.807) is 52.7 Å². The molecule has 31 heavy (non-hydrogen) atoms. The third-order valence-electron chi connectivity index (χ3n) is 5.75. The van der Waals surface area contributed by atoms with Crippen LogP contribution in [0.5, 0.6) is 28.7 Å². The topological polar surface area (TPSA) is 83.5 Å². The van der Waals surface area contributed by atoms with E-state index in [1.807, 2.05) is 0 Å². The van der Waals surface area contributed by atoms with E-state index in [1.165, 1.54) is 0 Å². The molecule has 0 amide bonds. The highest BCUT2D eigenvalue weighted by Crippen LogP contribution is 2.56. The Bertz CT molecular complexity index is 905. The zero-order valence-corrected chi connectivity index (χ0v) is 18.5. The Kier molecular flexibility index (Phi) is 7.50. The van der Waals surface area contributed by atoms with Gasteiger partial charge in [0, 0.05) is 11.1 Å². The summed E-state index contributed by atoms with van der Waals surface area (Å²) in [5.41, 5.74) is 2.54. The fourth-order valence-corrected chi connectivity index (χ4v) is 4.32. The number of carboxylic acid groups (broad SMARTS) is 1. The van der Waals surface area contributed by atoms with Crippen LogP contribution in [0.1, 0.15) is 53.1 Å². The number of carboxylic acids is 1. The molecule has 7 nitrogen and oxygen atoms in total. The van der Waals surface area contributed by atoms with Gasteiger partial charge in [-0.1, -0.05) is 0 Å². The Morgan fingerprint density at radius 3 is 2.10 bits per heavy atom. The predicted molar refractivity (Wildman–Crippen MR) is 116 cm³/mol. The molecule has 0 saturated carbocycles. The lowest BCUT2D eigenvalue weighted by molar-refractivity contribution is 0.0697. The summed E-state index contributed by atoms with van der Waals surface area (Å²) in [4.78, 5) is 10.9. The summed E-state index contributed by atoms with van der Waals surface area (Å²) in [6, 6.07) is 6.48. The summed E-state index contributed by atoms with van der Waals surface area (Å²) in [6.07, 6.45) is 4.84. The van der Waals surface area contributed by atoms with Gasteiger partial charge in [0.1, 0.15) is 5.75 Å². The number of carbonyl (C=O) groups is 1.